The summed E-state index contributed by atoms with van der Waals surface area (Å²) in [4.78, 5) is 37.1. The molecule has 0 radical (unpaired) electrons. The van der Waals surface area contributed by atoms with E-state index in [-0.39, 0.29) is 0 Å². The first-order valence-corrected chi connectivity index (χ1v) is 10.4. The van der Waals surface area contributed by atoms with Crippen LogP contribution in [0.5, 0.6) is 0 Å². The molecule has 174 valence electrons. The Morgan fingerprint density at radius 1 is 0.900 bits per heavy atom. The van der Waals surface area contributed by atoms with Gasteiger partial charge in [-0.1, -0.05) is 6.92 Å². The number of esters is 3. The molecule has 0 spiro atoms. The lowest BCUT2D eigenvalue weighted by Gasteiger charge is -2.44. The van der Waals surface area contributed by atoms with Crippen molar-refractivity contribution in [1.82, 2.24) is 4.90 Å². The van der Waals surface area contributed by atoms with Crippen LogP contribution >= 0.6 is 0 Å². The molecule has 1 aliphatic heterocycles. The van der Waals surface area contributed by atoms with Crippen molar-refractivity contribution in [3.63, 3.8) is 0 Å². The SMILES string of the molecule is CCC1OC(OCCCN(C)CCCN)C(OC(C)=O)C(OC(C)=O)C1OC(C)=O. The Bertz CT molecular complexity index is 559. The molecule has 1 rings (SSSR count). The molecule has 1 fully saturated rings. The number of carbonyl (C=O) groups excluding carboxylic acids is 3. The zero-order valence-corrected chi connectivity index (χ0v) is 18.6. The topological polar surface area (TPSA) is 127 Å². The van der Waals surface area contributed by atoms with Crippen LogP contribution in [0.25, 0.3) is 0 Å². The van der Waals surface area contributed by atoms with E-state index in [0.717, 1.165) is 25.9 Å². The van der Waals surface area contributed by atoms with Gasteiger partial charge in [-0.2, -0.15) is 0 Å². The third-order valence-electron chi connectivity index (χ3n) is 4.61. The summed E-state index contributed by atoms with van der Waals surface area (Å²) in [7, 11) is 2.00. The summed E-state index contributed by atoms with van der Waals surface area (Å²) in [6.07, 6.45) is -2.44. The molecule has 0 aromatic carbocycles. The van der Waals surface area contributed by atoms with E-state index in [1.54, 1.807) is 0 Å². The fourth-order valence-corrected chi connectivity index (χ4v) is 3.32. The predicted octanol–water partition coefficient (Wildman–Crippen LogP) is 0.604. The highest BCUT2D eigenvalue weighted by Gasteiger charge is 2.51. The maximum Gasteiger partial charge on any atom is 0.303 e. The molecule has 1 heterocycles. The van der Waals surface area contributed by atoms with Crippen molar-refractivity contribution in [1.29, 1.82) is 0 Å². The van der Waals surface area contributed by atoms with Crippen LogP contribution < -0.4 is 5.73 Å². The number of nitrogens with zero attached hydrogens (tertiary/aromatic N) is 1. The Hall–Kier alpha value is -1.75. The highest BCUT2D eigenvalue weighted by Crippen LogP contribution is 2.30. The van der Waals surface area contributed by atoms with Gasteiger partial charge in [0.1, 0.15) is 6.10 Å². The highest BCUT2D eigenvalue weighted by molar-refractivity contribution is 5.68. The van der Waals surface area contributed by atoms with Gasteiger partial charge in [-0.25, -0.2) is 0 Å². The van der Waals surface area contributed by atoms with Crippen LogP contribution in [0.1, 0.15) is 47.0 Å². The lowest BCUT2D eigenvalue weighted by Crippen LogP contribution is -2.61. The van der Waals surface area contributed by atoms with Gasteiger partial charge >= 0.3 is 17.9 Å². The summed E-state index contributed by atoms with van der Waals surface area (Å²) in [5.41, 5.74) is 5.52. The fraction of sp³-hybridized carbons (Fsp3) is 0.850. The second-order valence-electron chi connectivity index (χ2n) is 7.34. The molecule has 10 heteroatoms. The average Bonchev–Trinajstić information content (AvgIpc) is 2.66. The number of rotatable bonds is 12. The molecule has 2 N–H and O–H groups in total. The van der Waals surface area contributed by atoms with Crippen LogP contribution in [0.4, 0.5) is 0 Å². The number of hydrogen-bond acceptors (Lipinski definition) is 10. The molecule has 1 aliphatic rings. The second-order valence-corrected chi connectivity index (χ2v) is 7.34. The normalized spacial score (nSPS) is 26.3. The second kappa shape index (κ2) is 13.5. The number of carbonyl (C=O) groups is 3. The summed E-state index contributed by atoms with van der Waals surface area (Å²) < 4.78 is 27.9. The van der Waals surface area contributed by atoms with Crippen LogP contribution in [-0.4, -0.2) is 86.8 Å². The molecule has 5 unspecified atom stereocenters. The van der Waals surface area contributed by atoms with Gasteiger partial charge in [0.25, 0.3) is 0 Å². The molecule has 0 aromatic heterocycles. The summed E-state index contributed by atoms with van der Waals surface area (Å²) in [6, 6.07) is 0. The van der Waals surface area contributed by atoms with Crippen molar-refractivity contribution in [3.05, 3.63) is 0 Å². The lowest BCUT2D eigenvalue weighted by molar-refractivity contribution is -0.304. The number of nitrogens with two attached hydrogens (primary N) is 1. The molecule has 10 nitrogen and oxygen atoms in total. The summed E-state index contributed by atoms with van der Waals surface area (Å²) in [6.45, 7) is 8.25. The third kappa shape index (κ3) is 8.95. The minimum Gasteiger partial charge on any atom is -0.456 e. The van der Waals surface area contributed by atoms with Crippen molar-refractivity contribution in [2.75, 3.05) is 33.3 Å². The van der Waals surface area contributed by atoms with E-state index in [1.807, 2.05) is 14.0 Å². The van der Waals surface area contributed by atoms with Crippen molar-refractivity contribution >= 4 is 17.9 Å². The first-order valence-electron chi connectivity index (χ1n) is 10.4. The van der Waals surface area contributed by atoms with E-state index in [1.165, 1.54) is 20.8 Å². The molecule has 0 amide bonds. The first-order chi connectivity index (χ1) is 14.2. The Balaban J connectivity index is 2.90. The summed E-state index contributed by atoms with van der Waals surface area (Å²) >= 11 is 0. The number of ether oxygens (including phenoxy) is 5. The Labute approximate surface area is 178 Å². The molecule has 0 saturated carbocycles. The minimum absolute atomic E-state index is 0.344. The molecule has 1 saturated heterocycles. The zero-order valence-electron chi connectivity index (χ0n) is 18.6. The van der Waals surface area contributed by atoms with E-state index < -0.39 is 48.6 Å². The Morgan fingerprint density at radius 2 is 1.43 bits per heavy atom. The molecular weight excluding hydrogens is 396 g/mol. The van der Waals surface area contributed by atoms with Crippen molar-refractivity contribution in [2.24, 2.45) is 5.73 Å². The highest BCUT2D eigenvalue weighted by atomic mass is 16.7. The van der Waals surface area contributed by atoms with Crippen LogP contribution in [0.2, 0.25) is 0 Å². The molecular formula is C20H36N2O8. The first kappa shape index (κ1) is 26.3. The maximum atomic E-state index is 11.7. The standard InChI is InChI=1S/C20H36N2O8/c1-6-16-17(27-13(2)23)18(28-14(3)24)19(29-15(4)25)20(30-16)26-12-8-11-22(5)10-7-9-21/h16-20H,6-12,21H2,1-5H3. The molecule has 0 bridgehead atoms. The van der Waals surface area contributed by atoms with E-state index in [2.05, 4.69) is 4.90 Å². The molecule has 0 aromatic rings. The predicted molar refractivity (Wildman–Crippen MR) is 107 cm³/mol. The molecule has 5 atom stereocenters. The van der Waals surface area contributed by atoms with Gasteiger partial charge in [-0.3, -0.25) is 14.4 Å². The Morgan fingerprint density at radius 3 is 1.97 bits per heavy atom. The van der Waals surface area contributed by atoms with Crippen LogP contribution in [0.15, 0.2) is 0 Å². The fourth-order valence-electron chi connectivity index (χ4n) is 3.32. The van der Waals surface area contributed by atoms with Gasteiger partial charge in [-0.15, -0.1) is 0 Å². The van der Waals surface area contributed by atoms with E-state index in [4.69, 9.17) is 29.4 Å². The minimum atomic E-state index is -1.06. The third-order valence-corrected chi connectivity index (χ3v) is 4.61. The van der Waals surface area contributed by atoms with Gasteiger partial charge in [0.05, 0.1) is 6.61 Å². The van der Waals surface area contributed by atoms with E-state index >= 15 is 0 Å². The lowest BCUT2D eigenvalue weighted by atomic mass is 9.96. The van der Waals surface area contributed by atoms with E-state index in [9.17, 15) is 14.4 Å². The van der Waals surface area contributed by atoms with Crippen LogP contribution in [0, 0.1) is 0 Å². The Kier molecular flexibility index (Phi) is 11.9. The molecule has 0 aliphatic carbocycles. The van der Waals surface area contributed by atoms with Gasteiger partial charge in [0.2, 0.25) is 0 Å². The van der Waals surface area contributed by atoms with Crippen molar-refractivity contribution in [2.45, 2.75) is 77.7 Å². The van der Waals surface area contributed by atoms with Crippen LogP contribution in [-0.2, 0) is 38.1 Å². The van der Waals surface area contributed by atoms with Gasteiger partial charge in [-0.05, 0) is 39.4 Å². The zero-order chi connectivity index (χ0) is 22.7. The van der Waals surface area contributed by atoms with E-state index in [0.29, 0.717) is 19.6 Å². The van der Waals surface area contributed by atoms with Gasteiger partial charge in [0.15, 0.2) is 24.6 Å². The summed E-state index contributed by atoms with van der Waals surface area (Å²) in [5, 5.41) is 0. The molecule has 30 heavy (non-hydrogen) atoms. The van der Waals surface area contributed by atoms with Crippen LogP contribution in [0.3, 0.4) is 0 Å². The van der Waals surface area contributed by atoms with Crippen molar-refractivity contribution < 1.29 is 38.1 Å². The number of hydrogen-bond donors (Lipinski definition) is 1. The monoisotopic (exact) mass is 432 g/mol. The van der Waals surface area contributed by atoms with Gasteiger partial charge < -0.3 is 34.3 Å². The van der Waals surface area contributed by atoms with Gasteiger partial charge in [0, 0.05) is 27.3 Å². The smallest absolute Gasteiger partial charge is 0.303 e. The summed E-state index contributed by atoms with van der Waals surface area (Å²) in [5.74, 6) is -1.74. The van der Waals surface area contributed by atoms with Crippen molar-refractivity contribution in [3.8, 4) is 0 Å². The average molecular weight is 433 g/mol. The largest absolute Gasteiger partial charge is 0.456 e. The maximum absolute atomic E-state index is 11.7. The quantitative estimate of drug-likeness (QED) is 0.266.